The van der Waals surface area contributed by atoms with Crippen LogP contribution in [0, 0.1) is 11.8 Å². The first-order chi connectivity index (χ1) is 12.2. The van der Waals surface area contributed by atoms with E-state index >= 15 is 0 Å². The van der Waals surface area contributed by atoms with E-state index < -0.39 is 0 Å². The Morgan fingerprint density at radius 1 is 0.880 bits per heavy atom. The molecule has 0 spiro atoms. The van der Waals surface area contributed by atoms with E-state index in [1.807, 2.05) is 4.90 Å². The lowest BCUT2D eigenvalue weighted by atomic mass is 9.68. The predicted molar refractivity (Wildman–Crippen MR) is 97.2 cm³/mol. The summed E-state index contributed by atoms with van der Waals surface area (Å²) in [6, 6.07) is 0.910. The number of hydrogen-bond donors (Lipinski definition) is 1. The van der Waals surface area contributed by atoms with Crippen LogP contribution >= 0.6 is 0 Å². The number of hydrogen-bond acceptors (Lipinski definition) is 2. The highest BCUT2D eigenvalue weighted by molar-refractivity contribution is 5.78. The van der Waals surface area contributed by atoms with E-state index in [9.17, 15) is 9.59 Å². The molecule has 4 rings (SSSR count). The Kier molecular flexibility index (Phi) is 5.18. The summed E-state index contributed by atoms with van der Waals surface area (Å²) in [7, 11) is 0. The molecule has 0 aromatic heterocycles. The summed E-state index contributed by atoms with van der Waals surface area (Å²) in [5, 5.41) is 3.42. The third-order valence-electron chi connectivity index (χ3n) is 7.14. The Balaban J connectivity index is 1.31. The first-order valence-corrected chi connectivity index (χ1v) is 10.6. The summed E-state index contributed by atoms with van der Waals surface area (Å²) in [4.78, 5) is 29.0. The zero-order chi connectivity index (χ0) is 17.2. The number of amides is 3. The van der Waals surface area contributed by atoms with Crippen molar-refractivity contribution < 1.29 is 9.59 Å². The van der Waals surface area contributed by atoms with Gasteiger partial charge in [0.2, 0.25) is 5.91 Å². The van der Waals surface area contributed by atoms with Gasteiger partial charge in [0.05, 0.1) is 0 Å². The molecule has 2 aliphatic heterocycles. The molecule has 3 amide bonds. The van der Waals surface area contributed by atoms with Crippen molar-refractivity contribution >= 4 is 11.9 Å². The number of nitrogens with one attached hydrogen (secondary N) is 1. The van der Waals surface area contributed by atoms with Crippen molar-refractivity contribution in [2.45, 2.75) is 82.7 Å². The molecule has 1 N–H and O–H groups in total. The minimum Gasteiger partial charge on any atom is -0.340 e. The van der Waals surface area contributed by atoms with Crippen molar-refractivity contribution in [1.82, 2.24) is 15.1 Å². The quantitative estimate of drug-likeness (QED) is 0.849. The number of carbonyl (C=O) groups is 2. The van der Waals surface area contributed by atoms with Gasteiger partial charge in [0.15, 0.2) is 0 Å². The zero-order valence-corrected chi connectivity index (χ0v) is 15.4. The molecule has 5 heteroatoms. The van der Waals surface area contributed by atoms with E-state index in [2.05, 4.69) is 10.2 Å². The fourth-order valence-electron chi connectivity index (χ4n) is 5.10. The smallest absolute Gasteiger partial charge is 0.317 e. The molecule has 140 valence electrons. The van der Waals surface area contributed by atoms with E-state index in [-0.39, 0.29) is 6.03 Å². The van der Waals surface area contributed by atoms with Crippen LogP contribution in [-0.2, 0) is 4.79 Å². The van der Waals surface area contributed by atoms with Crippen molar-refractivity contribution in [3.8, 4) is 0 Å². The van der Waals surface area contributed by atoms with Crippen LogP contribution in [0.3, 0.4) is 0 Å². The second-order valence-corrected chi connectivity index (χ2v) is 8.62. The van der Waals surface area contributed by atoms with Crippen LogP contribution in [0.25, 0.3) is 0 Å². The molecule has 0 aromatic carbocycles. The first kappa shape index (κ1) is 17.2. The van der Waals surface area contributed by atoms with Crippen LogP contribution in [0.2, 0.25) is 0 Å². The topological polar surface area (TPSA) is 52.7 Å². The third kappa shape index (κ3) is 3.65. The third-order valence-corrected chi connectivity index (χ3v) is 7.14. The van der Waals surface area contributed by atoms with Gasteiger partial charge < -0.3 is 15.1 Å². The standard InChI is InChI=1S/C20H33N3O2/c24-18-10-4-13-23(18)17-9-3-12-22(14-11-17)20(25)21-19(15-5-1-6-15)16-7-2-8-16/h15-17,19H,1-14H2,(H,21,25). The Morgan fingerprint density at radius 2 is 1.60 bits per heavy atom. The number of nitrogens with zero attached hydrogens (tertiary/aromatic N) is 2. The average molecular weight is 348 g/mol. The lowest BCUT2D eigenvalue weighted by Crippen LogP contribution is -2.53. The van der Waals surface area contributed by atoms with Gasteiger partial charge in [-0.05, 0) is 63.2 Å². The maximum Gasteiger partial charge on any atom is 0.317 e. The first-order valence-electron chi connectivity index (χ1n) is 10.6. The monoisotopic (exact) mass is 347 g/mol. The van der Waals surface area contributed by atoms with Crippen LogP contribution in [0.5, 0.6) is 0 Å². The van der Waals surface area contributed by atoms with Crippen molar-refractivity contribution in [3.05, 3.63) is 0 Å². The van der Waals surface area contributed by atoms with E-state index in [1.54, 1.807) is 0 Å². The van der Waals surface area contributed by atoms with Crippen LogP contribution in [0.15, 0.2) is 0 Å². The van der Waals surface area contributed by atoms with E-state index in [0.717, 1.165) is 57.2 Å². The fourth-order valence-corrected chi connectivity index (χ4v) is 5.10. The lowest BCUT2D eigenvalue weighted by molar-refractivity contribution is -0.129. The number of carbonyl (C=O) groups excluding carboxylic acids is 2. The van der Waals surface area contributed by atoms with Crippen LogP contribution in [-0.4, -0.2) is 53.5 Å². The Bertz CT molecular complexity index is 487. The normalized spacial score (nSPS) is 28.7. The van der Waals surface area contributed by atoms with Gasteiger partial charge in [-0.3, -0.25) is 4.79 Å². The molecular weight excluding hydrogens is 314 g/mol. The molecule has 4 fully saturated rings. The van der Waals surface area contributed by atoms with Gasteiger partial charge in [0.25, 0.3) is 0 Å². The van der Waals surface area contributed by atoms with E-state index in [4.69, 9.17) is 0 Å². The van der Waals surface area contributed by atoms with Crippen molar-refractivity contribution in [2.75, 3.05) is 19.6 Å². The van der Waals surface area contributed by atoms with Gasteiger partial charge in [-0.1, -0.05) is 12.8 Å². The molecule has 2 saturated heterocycles. The van der Waals surface area contributed by atoms with Crippen LogP contribution in [0.1, 0.15) is 70.6 Å². The summed E-state index contributed by atoms with van der Waals surface area (Å²) in [5.41, 5.74) is 0. The van der Waals surface area contributed by atoms with Crippen LogP contribution < -0.4 is 5.32 Å². The van der Waals surface area contributed by atoms with Crippen molar-refractivity contribution in [2.24, 2.45) is 11.8 Å². The second-order valence-electron chi connectivity index (χ2n) is 8.62. The Labute approximate surface area is 151 Å². The molecule has 2 heterocycles. The highest BCUT2D eigenvalue weighted by Crippen LogP contribution is 2.40. The highest BCUT2D eigenvalue weighted by Gasteiger charge is 2.38. The lowest BCUT2D eigenvalue weighted by Gasteiger charge is -2.43. The predicted octanol–water partition coefficient (Wildman–Crippen LogP) is 3.14. The molecule has 25 heavy (non-hydrogen) atoms. The summed E-state index contributed by atoms with van der Waals surface area (Å²) >= 11 is 0. The van der Waals surface area contributed by atoms with E-state index in [0.29, 0.717) is 24.4 Å². The van der Waals surface area contributed by atoms with Crippen LogP contribution in [0.4, 0.5) is 4.79 Å². The second kappa shape index (κ2) is 7.55. The van der Waals surface area contributed by atoms with Crippen molar-refractivity contribution in [1.29, 1.82) is 0 Å². The molecule has 1 unspecified atom stereocenters. The molecule has 0 radical (unpaired) electrons. The molecular formula is C20H33N3O2. The van der Waals surface area contributed by atoms with Gasteiger partial charge in [-0.25, -0.2) is 4.79 Å². The van der Waals surface area contributed by atoms with Gasteiger partial charge >= 0.3 is 6.03 Å². The summed E-state index contributed by atoms with van der Waals surface area (Å²) in [5.74, 6) is 1.75. The SMILES string of the molecule is O=C(NC(C1CCC1)C1CCC1)N1CCCC(N2CCCC2=O)CC1. The Hall–Kier alpha value is -1.26. The molecule has 2 aliphatic carbocycles. The molecule has 2 saturated carbocycles. The number of urea groups is 1. The maximum absolute atomic E-state index is 12.9. The number of rotatable bonds is 4. The average Bonchev–Trinajstić information content (AvgIpc) is 2.77. The Morgan fingerprint density at radius 3 is 2.16 bits per heavy atom. The molecule has 5 nitrogen and oxygen atoms in total. The minimum atomic E-state index is 0.150. The zero-order valence-electron chi connectivity index (χ0n) is 15.4. The maximum atomic E-state index is 12.9. The van der Waals surface area contributed by atoms with Gasteiger partial charge in [-0.15, -0.1) is 0 Å². The summed E-state index contributed by atoms with van der Waals surface area (Å²) in [6.07, 6.45) is 12.6. The molecule has 1 atom stereocenters. The van der Waals surface area contributed by atoms with Gasteiger partial charge in [0.1, 0.15) is 0 Å². The summed E-state index contributed by atoms with van der Waals surface area (Å²) in [6.45, 7) is 2.55. The number of likely N-dealkylation sites (tertiary alicyclic amines) is 2. The molecule has 0 aromatic rings. The summed E-state index contributed by atoms with van der Waals surface area (Å²) < 4.78 is 0. The molecule has 0 bridgehead atoms. The highest BCUT2D eigenvalue weighted by atomic mass is 16.2. The minimum absolute atomic E-state index is 0.150. The van der Waals surface area contributed by atoms with Crippen molar-refractivity contribution in [3.63, 3.8) is 0 Å². The van der Waals surface area contributed by atoms with Gasteiger partial charge in [0, 0.05) is 38.1 Å². The van der Waals surface area contributed by atoms with E-state index in [1.165, 1.54) is 38.5 Å². The largest absolute Gasteiger partial charge is 0.340 e. The fraction of sp³-hybridized carbons (Fsp3) is 0.900. The van der Waals surface area contributed by atoms with Gasteiger partial charge in [-0.2, -0.15) is 0 Å². The molecule has 4 aliphatic rings.